The highest BCUT2D eigenvalue weighted by molar-refractivity contribution is 5.27. The number of fused-ring (bicyclic) bond motifs is 2. The molecule has 4 aliphatic carbocycles. The Balaban J connectivity index is 1.72. The Morgan fingerprint density at radius 3 is 2.20 bits per heavy atom. The molecule has 0 bridgehead atoms. The average Bonchev–Trinajstić information content (AvgIpc) is 3.08. The molecule has 0 aromatic heterocycles. The van der Waals surface area contributed by atoms with Crippen LogP contribution in [-0.2, 0) is 0 Å². The molecule has 0 radical (unpaired) electrons. The smallest absolute Gasteiger partial charge is 0.0174 e. The topological polar surface area (TPSA) is 0 Å². The van der Waals surface area contributed by atoms with E-state index in [1.807, 2.05) is 0 Å². The van der Waals surface area contributed by atoms with Crippen LogP contribution in [0.4, 0.5) is 0 Å². The van der Waals surface area contributed by atoms with Crippen LogP contribution in [0.25, 0.3) is 0 Å². The Labute approximate surface area is 126 Å². The fraction of sp³-hybridized carbons (Fsp3) is 1.00. The SMILES string of the molecule is CC1CCC2C(C)(C)C2(C2C(C)CCC3C2C3(C)C)C1. The molecule has 4 saturated carbocycles. The standard InChI is InChI=1S/C20H34/c1-12-7-10-15-19(5,6)20(15,11-12)16-13(2)8-9-14-17(16)18(14,3)4/h12-17H,7-11H2,1-6H3. The summed E-state index contributed by atoms with van der Waals surface area (Å²) < 4.78 is 0. The molecule has 0 aromatic carbocycles. The summed E-state index contributed by atoms with van der Waals surface area (Å²) in [5, 5.41) is 0. The van der Waals surface area contributed by atoms with Crippen molar-refractivity contribution in [3.63, 3.8) is 0 Å². The van der Waals surface area contributed by atoms with Crippen LogP contribution in [0.3, 0.4) is 0 Å². The van der Waals surface area contributed by atoms with Crippen LogP contribution in [0.5, 0.6) is 0 Å². The van der Waals surface area contributed by atoms with Crippen molar-refractivity contribution in [2.45, 2.75) is 73.6 Å². The first kappa shape index (κ1) is 13.6. The molecule has 0 heteroatoms. The lowest BCUT2D eigenvalue weighted by molar-refractivity contribution is 0.0652. The van der Waals surface area contributed by atoms with E-state index in [2.05, 4.69) is 41.5 Å². The minimum Gasteiger partial charge on any atom is -0.0625 e. The van der Waals surface area contributed by atoms with Gasteiger partial charge < -0.3 is 0 Å². The first-order valence-corrected chi connectivity index (χ1v) is 9.24. The van der Waals surface area contributed by atoms with Crippen molar-refractivity contribution in [1.29, 1.82) is 0 Å². The van der Waals surface area contributed by atoms with E-state index >= 15 is 0 Å². The van der Waals surface area contributed by atoms with Gasteiger partial charge in [-0.05, 0) is 71.0 Å². The summed E-state index contributed by atoms with van der Waals surface area (Å²) in [6, 6.07) is 0. The highest BCUT2D eigenvalue weighted by Gasteiger charge is 2.79. The van der Waals surface area contributed by atoms with Gasteiger partial charge in [0.1, 0.15) is 0 Å². The van der Waals surface area contributed by atoms with Gasteiger partial charge in [-0.1, -0.05) is 54.4 Å². The summed E-state index contributed by atoms with van der Waals surface area (Å²) in [6.45, 7) is 15.5. The van der Waals surface area contributed by atoms with Crippen molar-refractivity contribution in [2.24, 2.45) is 51.8 Å². The van der Waals surface area contributed by atoms with Crippen molar-refractivity contribution in [3.8, 4) is 0 Å². The molecule has 0 amide bonds. The summed E-state index contributed by atoms with van der Waals surface area (Å²) >= 11 is 0. The van der Waals surface area contributed by atoms with E-state index in [1.165, 1.54) is 25.7 Å². The van der Waals surface area contributed by atoms with Crippen LogP contribution in [0.2, 0.25) is 0 Å². The van der Waals surface area contributed by atoms with Crippen LogP contribution >= 0.6 is 0 Å². The van der Waals surface area contributed by atoms with Crippen molar-refractivity contribution in [2.75, 3.05) is 0 Å². The maximum absolute atomic E-state index is 2.61. The van der Waals surface area contributed by atoms with Gasteiger partial charge in [0, 0.05) is 0 Å². The largest absolute Gasteiger partial charge is 0.0625 e. The van der Waals surface area contributed by atoms with E-state index < -0.39 is 0 Å². The van der Waals surface area contributed by atoms with Crippen LogP contribution in [0.15, 0.2) is 0 Å². The van der Waals surface area contributed by atoms with E-state index in [9.17, 15) is 0 Å². The minimum atomic E-state index is 0.636. The predicted octanol–water partition coefficient (Wildman–Crippen LogP) is 5.77. The normalized spacial score (nSPS) is 58.5. The Kier molecular flexibility index (Phi) is 2.50. The molecule has 0 N–H and O–H groups in total. The second-order valence-electron chi connectivity index (χ2n) is 10.2. The molecule has 0 aromatic rings. The lowest BCUT2D eigenvalue weighted by Gasteiger charge is -2.42. The second-order valence-corrected chi connectivity index (χ2v) is 10.2. The monoisotopic (exact) mass is 274 g/mol. The Bertz CT molecular complexity index is 431. The zero-order valence-corrected chi connectivity index (χ0v) is 14.5. The first-order chi connectivity index (χ1) is 9.24. The molecule has 4 rings (SSSR count). The van der Waals surface area contributed by atoms with E-state index in [-0.39, 0.29) is 0 Å². The van der Waals surface area contributed by atoms with Gasteiger partial charge in [-0.25, -0.2) is 0 Å². The van der Waals surface area contributed by atoms with Crippen molar-refractivity contribution >= 4 is 0 Å². The van der Waals surface area contributed by atoms with Gasteiger partial charge in [0.25, 0.3) is 0 Å². The lowest BCUT2D eigenvalue weighted by atomic mass is 9.63. The summed E-state index contributed by atoms with van der Waals surface area (Å²) in [4.78, 5) is 0. The van der Waals surface area contributed by atoms with Gasteiger partial charge in [0.15, 0.2) is 0 Å². The van der Waals surface area contributed by atoms with Gasteiger partial charge >= 0.3 is 0 Å². The summed E-state index contributed by atoms with van der Waals surface area (Å²) in [5.74, 6) is 6.16. The molecule has 20 heavy (non-hydrogen) atoms. The van der Waals surface area contributed by atoms with E-state index in [4.69, 9.17) is 0 Å². The van der Waals surface area contributed by atoms with Crippen LogP contribution < -0.4 is 0 Å². The molecular formula is C20H34. The van der Waals surface area contributed by atoms with Crippen LogP contribution in [-0.4, -0.2) is 0 Å². The number of hydrogen-bond acceptors (Lipinski definition) is 0. The maximum atomic E-state index is 2.61. The third-order valence-corrected chi connectivity index (χ3v) is 8.91. The number of rotatable bonds is 1. The summed E-state index contributed by atoms with van der Waals surface area (Å²) in [7, 11) is 0. The minimum absolute atomic E-state index is 0.636. The van der Waals surface area contributed by atoms with Crippen molar-refractivity contribution < 1.29 is 0 Å². The van der Waals surface area contributed by atoms with Gasteiger partial charge in [0.05, 0.1) is 0 Å². The molecule has 4 aliphatic rings. The highest BCUT2D eigenvalue weighted by atomic mass is 14.8. The maximum Gasteiger partial charge on any atom is -0.0174 e. The molecule has 7 atom stereocenters. The fourth-order valence-corrected chi connectivity index (χ4v) is 7.81. The van der Waals surface area contributed by atoms with Gasteiger partial charge in [-0.3, -0.25) is 0 Å². The lowest BCUT2D eigenvalue weighted by Crippen LogP contribution is -2.35. The van der Waals surface area contributed by atoms with Crippen molar-refractivity contribution in [1.82, 2.24) is 0 Å². The van der Waals surface area contributed by atoms with E-state index in [0.717, 1.165) is 40.9 Å². The highest BCUT2D eigenvalue weighted by Crippen LogP contribution is 2.85. The zero-order valence-electron chi connectivity index (χ0n) is 14.5. The quantitative estimate of drug-likeness (QED) is 0.569. The zero-order chi connectivity index (χ0) is 14.5. The molecule has 7 unspecified atom stereocenters. The summed E-state index contributed by atoms with van der Waals surface area (Å²) in [5.41, 5.74) is 2.02. The molecule has 0 heterocycles. The molecule has 4 fully saturated rings. The van der Waals surface area contributed by atoms with Gasteiger partial charge in [-0.2, -0.15) is 0 Å². The Hall–Kier alpha value is 0. The fourth-order valence-electron chi connectivity index (χ4n) is 7.81. The Morgan fingerprint density at radius 1 is 0.800 bits per heavy atom. The van der Waals surface area contributed by atoms with Gasteiger partial charge in [0.2, 0.25) is 0 Å². The molecular weight excluding hydrogens is 240 g/mol. The third kappa shape index (κ3) is 1.35. The van der Waals surface area contributed by atoms with Crippen LogP contribution in [0.1, 0.15) is 73.6 Å². The molecule has 0 saturated heterocycles. The van der Waals surface area contributed by atoms with Crippen LogP contribution in [0, 0.1) is 51.8 Å². The first-order valence-electron chi connectivity index (χ1n) is 9.24. The van der Waals surface area contributed by atoms with Crippen molar-refractivity contribution in [3.05, 3.63) is 0 Å². The molecule has 114 valence electrons. The van der Waals surface area contributed by atoms with Gasteiger partial charge in [-0.15, -0.1) is 0 Å². The second kappa shape index (κ2) is 3.66. The van der Waals surface area contributed by atoms with E-state index in [1.54, 1.807) is 6.42 Å². The van der Waals surface area contributed by atoms with E-state index in [0.29, 0.717) is 10.8 Å². The molecule has 0 nitrogen and oxygen atoms in total. The predicted molar refractivity (Wildman–Crippen MR) is 85.4 cm³/mol. The number of hydrogen-bond donors (Lipinski definition) is 0. The molecule has 0 spiro atoms. The third-order valence-electron chi connectivity index (χ3n) is 8.91. The summed E-state index contributed by atoms with van der Waals surface area (Å²) in [6.07, 6.45) is 7.59. The average molecular weight is 274 g/mol. The molecule has 0 aliphatic heterocycles. The Morgan fingerprint density at radius 2 is 1.50 bits per heavy atom.